The summed E-state index contributed by atoms with van der Waals surface area (Å²) in [6.45, 7) is 0.243. The Balaban J connectivity index is 1.98. The lowest BCUT2D eigenvalue weighted by Crippen LogP contribution is -2.26. The first kappa shape index (κ1) is 11.4. The van der Waals surface area contributed by atoms with Crippen molar-refractivity contribution in [1.29, 1.82) is 0 Å². The lowest BCUT2D eigenvalue weighted by Gasteiger charge is -2.06. The number of rotatable bonds is 3. The second kappa shape index (κ2) is 4.53. The van der Waals surface area contributed by atoms with E-state index in [0.717, 1.165) is 28.9 Å². The van der Waals surface area contributed by atoms with Crippen molar-refractivity contribution in [3.8, 4) is 0 Å². The first-order valence-electron chi connectivity index (χ1n) is 5.99. The van der Waals surface area contributed by atoms with Gasteiger partial charge in [-0.05, 0) is 24.8 Å². The van der Waals surface area contributed by atoms with Crippen LogP contribution in [-0.4, -0.2) is 29.5 Å². The van der Waals surface area contributed by atoms with Gasteiger partial charge in [-0.25, -0.2) is 9.97 Å². The fourth-order valence-electron chi connectivity index (χ4n) is 2.32. The van der Waals surface area contributed by atoms with Crippen molar-refractivity contribution < 1.29 is 4.79 Å². The highest BCUT2D eigenvalue weighted by molar-refractivity contribution is 7.19. The van der Waals surface area contributed by atoms with E-state index in [4.69, 9.17) is 0 Å². The predicted octanol–water partition coefficient (Wildman–Crippen LogP) is 1.34. The number of carbonyl (C=O) groups excluding carboxylic acids is 1. The molecule has 0 saturated heterocycles. The van der Waals surface area contributed by atoms with Gasteiger partial charge in [0.25, 0.3) is 0 Å². The van der Waals surface area contributed by atoms with E-state index in [9.17, 15) is 4.79 Å². The molecule has 0 atom stereocenters. The molecule has 6 heteroatoms. The summed E-state index contributed by atoms with van der Waals surface area (Å²) in [6, 6.07) is 0. The Morgan fingerprint density at radius 2 is 2.33 bits per heavy atom. The van der Waals surface area contributed by atoms with E-state index in [-0.39, 0.29) is 12.5 Å². The second-order valence-corrected chi connectivity index (χ2v) is 5.37. The molecule has 2 heterocycles. The molecule has 3 rings (SSSR count). The van der Waals surface area contributed by atoms with Gasteiger partial charge in [-0.1, -0.05) is 0 Å². The Bertz CT molecular complexity index is 607. The minimum atomic E-state index is -0.0476. The summed E-state index contributed by atoms with van der Waals surface area (Å²) in [5, 5.41) is 6.79. The number of nitrogens with one attached hydrogen (secondary N) is 2. The van der Waals surface area contributed by atoms with Crippen LogP contribution < -0.4 is 10.6 Å². The summed E-state index contributed by atoms with van der Waals surface area (Å²) in [7, 11) is 1.63. The molecule has 0 unspecified atom stereocenters. The lowest BCUT2D eigenvalue weighted by molar-refractivity contribution is -0.118. The van der Waals surface area contributed by atoms with Crippen molar-refractivity contribution in [3.05, 3.63) is 16.8 Å². The Morgan fingerprint density at radius 3 is 3.17 bits per heavy atom. The average molecular weight is 262 g/mol. The van der Waals surface area contributed by atoms with E-state index in [1.54, 1.807) is 24.7 Å². The molecule has 0 fully saturated rings. The van der Waals surface area contributed by atoms with Gasteiger partial charge in [-0.15, -0.1) is 11.3 Å². The van der Waals surface area contributed by atoms with Gasteiger partial charge in [0.15, 0.2) is 0 Å². The van der Waals surface area contributed by atoms with Crippen molar-refractivity contribution >= 4 is 33.3 Å². The van der Waals surface area contributed by atoms with E-state index in [1.165, 1.54) is 16.9 Å². The molecule has 0 spiro atoms. The summed E-state index contributed by atoms with van der Waals surface area (Å²) in [5.74, 6) is 0.733. The number of carbonyl (C=O) groups is 1. The number of thiophene rings is 1. The molecule has 2 aromatic rings. The Kier molecular flexibility index (Phi) is 2.87. The van der Waals surface area contributed by atoms with Crippen LogP contribution >= 0.6 is 11.3 Å². The zero-order valence-corrected chi connectivity index (χ0v) is 10.9. The van der Waals surface area contributed by atoms with Gasteiger partial charge in [0.2, 0.25) is 5.91 Å². The van der Waals surface area contributed by atoms with E-state index in [2.05, 4.69) is 20.6 Å². The molecule has 2 N–H and O–H groups in total. The van der Waals surface area contributed by atoms with Crippen molar-refractivity contribution in [1.82, 2.24) is 15.3 Å². The molecule has 0 aliphatic heterocycles. The summed E-state index contributed by atoms with van der Waals surface area (Å²) >= 11 is 1.75. The van der Waals surface area contributed by atoms with Gasteiger partial charge in [0.1, 0.15) is 17.0 Å². The third kappa shape index (κ3) is 1.82. The van der Waals surface area contributed by atoms with Crippen molar-refractivity contribution in [3.63, 3.8) is 0 Å². The van der Waals surface area contributed by atoms with Crippen LogP contribution in [0.25, 0.3) is 10.2 Å². The van der Waals surface area contributed by atoms with E-state index in [1.807, 2.05) is 0 Å². The number of fused-ring (bicyclic) bond motifs is 3. The van der Waals surface area contributed by atoms with Gasteiger partial charge >= 0.3 is 0 Å². The largest absolute Gasteiger partial charge is 0.360 e. The van der Waals surface area contributed by atoms with E-state index < -0.39 is 0 Å². The van der Waals surface area contributed by atoms with Crippen LogP contribution in [0.3, 0.4) is 0 Å². The maximum Gasteiger partial charge on any atom is 0.239 e. The molecular weight excluding hydrogens is 248 g/mol. The first-order chi connectivity index (χ1) is 8.79. The van der Waals surface area contributed by atoms with Gasteiger partial charge < -0.3 is 10.6 Å². The monoisotopic (exact) mass is 262 g/mol. The van der Waals surface area contributed by atoms with Crippen LogP contribution in [0.5, 0.6) is 0 Å². The van der Waals surface area contributed by atoms with Crippen LogP contribution in [0.4, 0.5) is 5.82 Å². The van der Waals surface area contributed by atoms with Crippen molar-refractivity contribution in [2.24, 2.45) is 0 Å². The van der Waals surface area contributed by atoms with Crippen LogP contribution in [0.2, 0.25) is 0 Å². The van der Waals surface area contributed by atoms with Gasteiger partial charge in [0, 0.05) is 11.9 Å². The molecule has 1 amide bonds. The number of anilines is 1. The quantitative estimate of drug-likeness (QED) is 0.876. The number of likely N-dealkylation sites (N-methyl/N-ethyl adjacent to an activating group) is 1. The smallest absolute Gasteiger partial charge is 0.239 e. The number of amides is 1. The SMILES string of the molecule is CNC(=O)CNc1ncnc2sc3c(c12)CCC3. The Labute approximate surface area is 109 Å². The van der Waals surface area contributed by atoms with Gasteiger partial charge in [0.05, 0.1) is 11.9 Å². The molecule has 0 radical (unpaired) electrons. The Hall–Kier alpha value is -1.69. The highest BCUT2D eigenvalue weighted by Gasteiger charge is 2.21. The first-order valence-corrected chi connectivity index (χ1v) is 6.81. The average Bonchev–Trinajstić information content (AvgIpc) is 2.95. The topological polar surface area (TPSA) is 66.9 Å². The van der Waals surface area contributed by atoms with E-state index in [0.29, 0.717) is 0 Å². The fourth-order valence-corrected chi connectivity index (χ4v) is 3.54. The van der Waals surface area contributed by atoms with Gasteiger partial charge in [-0.3, -0.25) is 4.79 Å². The zero-order chi connectivity index (χ0) is 12.5. The van der Waals surface area contributed by atoms with Crippen LogP contribution in [0, 0.1) is 0 Å². The maximum atomic E-state index is 11.3. The second-order valence-electron chi connectivity index (χ2n) is 4.29. The van der Waals surface area contributed by atoms with Crippen LogP contribution in [-0.2, 0) is 17.6 Å². The maximum absolute atomic E-state index is 11.3. The molecule has 94 valence electrons. The molecule has 5 nitrogen and oxygen atoms in total. The number of nitrogens with zero attached hydrogens (tertiary/aromatic N) is 2. The Morgan fingerprint density at radius 1 is 1.44 bits per heavy atom. The zero-order valence-electron chi connectivity index (χ0n) is 10.1. The number of aromatic nitrogens is 2. The predicted molar refractivity (Wildman–Crippen MR) is 72.0 cm³/mol. The van der Waals surface area contributed by atoms with E-state index >= 15 is 0 Å². The molecule has 1 aliphatic rings. The van der Waals surface area contributed by atoms with Crippen molar-refractivity contribution in [2.75, 3.05) is 18.9 Å². The summed E-state index contributed by atoms with van der Waals surface area (Å²) in [4.78, 5) is 22.3. The fraction of sp³-hybridized carbons (Fsp3) is 0.417. The highest BCUT2D eigenvalue weighted by atomic mass is 32.1. The van der Waals surface area contributed by atoms with Crippen molar-refractivity contribution in [2.45, 2.75) is 19.3 Å². The molecule has 0 bridgehead atoms. The van der Waals surface area contributed by atoms with Gasteiger partial charge in [-0.2, -0.15) is 0 Å². The summed E-state index contributed by atoms with van der Waals surface area (Å²) in [6.07, 6.45) is 5.00. The molecule has 18 heavy (non-hydrogen) atoms. The molecule has 2 aromatic heterocycles. The third-order valence-corrected chi connectivity index (χ3v) is 4.40. The lowest BCUT2D eigenvalue weighted by atomic mass is 10.2. The molecular formula is C12H14N4OS. The van der Waals surface area contributed by atoms with Crippen LogP contribution in [0.15, 0.2) is 6.33 Å². The number of hydrogen-bond acceptors (Lipinski definition) is 5. The van der Waals surface area contributed by atoms with Crippen LogP contribution in [0.1, 0.15) is 16.9 Å². The molecule has 0 aromatic carbocycles. The molecule has 0 saturated carbocycles. The number of aryl methyl sites for hydroxylation is 2. The summed E-state index contributed by atoms with van der Waals surface area (Å²) < 4.78 is 0. The summed E-state index contributed by atoms with van der Waals surface area (Å²) in [5.41, 5.74) is 1.37. The minimum Gasteiger partial charge on any atom is -0.360 e. The normalized spacial score (nSPS) is 13.6. The standard InChI is InChI=1S/C12H14N4OS/c1-13-9(17)5-14-11-10-7-3-2-4-8(7)18-12(10)16-6-15-11/h6H,2-5H2,1H3,(H,13,17)(H,14,15,16). The molecule has 1 aliphatic carbocycles. The minimum absolute atomic E-state index is 0.0476. The highest BCUT2D eigenvalue weighted by Crippen LogP contribution is 2.38. The third-order valence-electron chi connectivity index (χ3n) is 3.20. The number of hydrogen-bond donors (Lipinski definition) is 2.